The lowest BCUT2D eigenvalue weighted by molar-refractivity contribution is -0.114. The molecular weight excluding hydrogens is 288 g/mol. The monoisotopic (exact) mass is 306 g/mol. The highest BCUT2D eigenvalue weighted by molar-refractivity contribution is 5.88. The molecule has 23 heavy (non-hydrogen) atoms. The molecule has 0 saturated heterocycles. The van der Waals surface area contributed by atoms with E-state index in [2.05, 4.69) is 10.3 Å². The van der Waals surface area contributed by atoms with E-state index in [9.17, 15) is 9.59 Å². The average molecular weight is 306 g/mol. The summed E-state index contributed by atoms with van der Waals surface area (Å²) in [4.78, 5) is 26.3. The molecule has 2 aromatic carbocycles. The highest BCUT2D eigenvalue weighted by Gasteiger charge is 2.03. The van der Waals surface area contributed by atoms with Gasteiger partial charge in [0, 0.05) is 35.3 Å². The number of anilines is 1. The maximum Gasteiger partial charge on any atom is 0.221 e. The number of aromatic amines is 1. The van der Waals surface area contributed by atoms with Crippen molar-refractivity contribution in [1.82, 2.24) is 4.98 Å². The van der Waals surface area contributed by atoms with Gasteiger partial charge < -0.3 is 10.3 Å². The summed E-state index contributed by atoms with van der Waals surface area (Å²) in [5, 5.41) is 3.46. The van der Waals surface area contributed by atoms with E-state index in [4.69, 9.17) is 0 Å². The maximum absolute atomic E-state index is 12.1. The largest absolute Gasteiger partial charge is 0.358 e. The molecule has 2 N–H and O–H groups in total. The smallest absolute Gasteiger partial charge is 0.221 e. The molecular formula is C19H18N2O2. The number of hydrogen-bond acceptors (Lipinski definition) is 2. The zero-order valence-electron chi connectivity index (χ0n) is 13.1. The molecule has 3 rings (SSSR count). The van der Waals surface area contributed by atoms with Crippen molar-refractivity contribution in [1.29, 1.82) is 0 Å². The number of pyridine rings is 1. The molecule has 0 radical (unpaired) electrons. The minimum absolute atomic E-state index is 0.0408. The summed E-state index contributed by atoms with van der Waals surface area (Å²) < 4.78 is 0. The summed E-state index contributed by atoms with van der Waals surface area (Å²) in [7, 11) is 0. The highest BCUT2D eigenvalue weighted by Crippen LogP contribution is 2.17. The van der Waals surface area contributed by atoms with Crippen LogP contribution >= 0.6 is 0 Å². The Hall–Kier alpha value is -2.88. The minimum Gasteiger partial charge on any atom is -0.358 e. The van der Waals surface area contributed by atoms with E-state index in [-0.39, 0.29) is 11.3 Å². The van der Waals surface area contributed by atoms with Crippen LogP contribution < -0.4 is 10.7 Å². The fraction of sp³-hybridized carbons (Fsp3) is 0.158. The Morgan fingerprint density at radius 2 is 1.74 bits per heavy atom. The van der Waals surface area contributed by atoms with Crippen molar-refractivity contribution in [2.75, 3.05) is 5.32 Å². The standard InChI is InChI=1S/C19H18N2O2/c1-12-9-19(23)17-11-15(5-8-18(17)20-12)10-14-3-6-16(7-4-14)21-13(2)22/h3-9,11H,10H2,1-2H3,(H,20,23)(H,21,22). The molecule has 0 aliphatic rings. The highest BCUT2D eigenvalue weighted by atomic mass is 16.1. The summed E-state index contributed by atoms with van der Waals surface area (Å²) in [6, 6.07) is 15.3. The molecule has 3 aromatic rings. The van der Waals surface area contributed by atoms with Crippen LogP contribution in [0.2, 0.25) is 0 Å². The van der Waals surface area contributed by atoms with Crippen LogP contribution in [0.1, 0.15) is 23.7 Å². The normalized spacial score (nSPS) is 10.7. The van der Waals surface area contributed by atoms with Crippen LogP contribution in [0.3, 0.4) is 0 Å². The van der Waals surface area contributed by atoms with Gasteiger partial charge >= 0.3 is 0 Å². The summed E-state index contributed by atoms with van der Waals surface area (Å²) >= 11 is 0. The van der Waals surface area contributed by atoms with Crippen LogP contribution in [0.25, 0.3) is 10.9 Å². The summed E-state index contributed by atoms with van der Waals surface area (Å²) in [5.41, 5.74) is 4.76. The molecule has 0 bridgehead atoms. The van der Waals surface area contributed by atoms with Crippen LogP contribution in [0.5, 0.6) is 0 Å². The van der Waals surface area contributed by atoms with Crippen molar-refractivity contribution in [3.8, 4) is 0 Å². The van der Waals surface area contributed by atoms with Crippen molar-refractivity contribution in [2.24, 2.45) is 0 Å². The number of amides is 1. The molecule has 4 heteroatoms. The van der Waals surface area contributed by atoms with Crippen molar-refractivity contribution >= 4 is 22.5 Å². The maximum atomic E-state index is 12.1. The predicted octanol–water partition coefficient (Wildman–Crippen LogP) is 3.39. The average Bonchev–Trinajstić information content (AvgIpc) is 2.49. The third-order valence-electron chi connectivity index (χ3n) is 3.71. The molecule has 0 atom stereocenters. The van der Waals surface area contributed by atoms with Crippen LogP contribution in [-0.4, -0.2) is 10.9 Å². The summed E-state index contributed by atoms with van der Waals surface area (Å²) in [6.45, 7) is 3.37. The first kappa shape index (κ1) is 15.0. The first-order chi connectivity index (χ1) is 11.0. The summed E-state index contributed by atoms with van der Waals surface area (Å²) in [5.74, 6) is -0.0817. The second kappa shape index (κ2) is 6.08. The van der Waals surface area contributed by atoms with E-state index in [1.54, 1.807) is 6.07 Å². The molecule has 1 amide bonds. The number of carbonyl (C=O) groups is 1. The molecule has 116 valence electrons. The second-order valence-electron chi connectivity index (χ2n) is 5.75. The fourth-order valence-corrected chi connectivity index (χ4v) is 2.68. The number of benzene rings is 2. The van der Waals surface area contributed by atoms with E-state index < -0.39 is 0 Å². The van der Waals surface area contributed by atoms with Crippen molar-refractivity contribution in [2.45, 2.75) is 20.3 Å². The van der Waals surface area contributed by atoms with E-state index in [1.807, 2.05) is 49.4 Å². The molecule has 0 spiro atoms. The zero-order valence-corrected chi connectivity index (χ0v) is 13.1. The molecule has 0 fully saturated rings. The van der Waals surface area contributed by atoms with Gasteiger partial charge in [-0.05, 0) is 48.7 Å². The lowest BCUT2D eigenvalue weighted by Crippen LogP contribution is -2.05. The fourth-order valence-electron chi connectivity index (χ4n) is 2.68. The van der Waals surface area contributed by atoms with Gasteiger partial charge in [-0.3, -0.25) is 9.59 Å². The van der Waals surface area contributed by atoms with E-state index >= 15 is 0 Å². The Morgan fingerprint density at radius 1 is 1.04 bits per heavy atom. The molecule has 0 unspecified atom stereocenters. The lowest BCUT2D eigenvalue weighted by Gasteiger charge is -2.07. The topological polar surface area (TPSA) is 62.0 Å². The van der Waals surface area contributed by atoms with Gasteiger partial charge in [0.2, 0.25) is 5.91 Å². The summed E-state index contributed by atoms with van der Waals surface area (Å²) in [6.07, 6.45) is 0.740. The van der Waals surface area contributed by atoms with E-state index in [0.29, 0.717) is 5.39 Å². The molecule has 1 aromatic heterocycles. The number of fused-ring (bicyclic) bond motifs is 1. The Labute approximate surface area is 134 Å². The van der Waals surface area contributed by atoms with E-state index in [0.717, 1.165) is 34.4 Å². The van der Waals surface area contributed by atoms with Gasteiger partial charge in [0.1, 0.15) is 0 Å². The number of H-pyrrole nitrogens is 1. The molecule has 1 heterocycles. The number of aryl methyl sites for hydroxylation is 1. The molecule has 4 nitrogen and oxygen atoms in total. The third-order valence-corrected chi connectivity index (χ3v) is 3.71. The Kier molecular flexibility index (Phi) is 3.98. The first-order valence-electron chi connectivity index (χ1n) is 7.50. The van der Waals surface area contributed by atoms with Gasteiger partial charge in [0.15, 0.2) is 5.43 Å². The zero-order chi connectivity index (χ0) is 16.4. The quantitative estimate of drug-likeness (QED) is 0.779. The minimum atomic E-state index is -0.0817. The first-order valence-corrected chi connectivity index (χ1v) is 7.50. The number of hydrogen-bond donors (Lipinski definition) is 2. The molecule has 0 saturated carbocycles. The van der Waals surface area contributed by atoms with Crippen LogP contribution in [0.4, 0.5) is 5.69 Å². The van der Waals surface area contributed by atoms with Crippen LogP contribution in [0.15, 0.2) is 53.3 Å². The SMILES string of the molecule is CC(=O)Nc1ccc(Cc2ccc3[nH]c(C)cc(=O)c3c2)cc1. The Bertz CT molecular complexity index is 924. The lowest BCUT2D eigenvalue weighted by atomic mass is 10.0. The Morgan fingerprint density at radius 3 is 2.43 bits per heavy atom. The number of rotatable bonds is 3. The third kappa shape index (κ3) is 3.48. The van der Waals surface area contributed by atoms with Gasteiger partial charge in [0.25, 0.3) is 0 Å². The number of nitrogens with one attached hydrogen (secondary N) is 2. The van der Waals surface area contributed by atoms with Gasteiger partial charge in [-0.15, -0.1) is 0 Å². The van der Waals surface area contributed by atoms with Crippen LogP contribution in [0, 0.1) is 6.92 Å². The second-order valence-corrected chi connectivity index (χ2v) is 5.75. The van der Waals surface area contributed by atoms with Gasteiger partial charge in [-0.1, -0.05) is 18.2 Å². The number of aromatic nitrogens is 1. The van der Waals surface area contributed by atoms with Crippen molar-refractivity contribution in [3.05, 3.63) is 75.6 Å². The van der Waals surface area contributed by atoms with Gasteiger partial charge in [0.05, 0.1) is 0 Å². The van der Waals surface area contributed by atoms with Crippen molar-refractivity contribution < 1.29 is 4.79 Å². The number of carbonyl (C=O) groups excluding carboxylic acids is 1. The van der Waals surface area contributed by atoms with Gasteiger partial charge in [-0.25, -0.2) is 0 Å². The Balaban J connectivity index is 1.86. The van der Waals surface area contributed by atoms with Crippen LogP contribution in [-0.2, 0) is 11.2 Å². The van der Waals surface area contributed by atoms with E-state index in [1.165, 1.54) is 6.92 Å². The van der Waals surface area contributed by atoms with Gasteiger partial charge in [-0.2, -0.15) is 0 Å². The predicted molar refractivity (Wildman–Crippen MR) is 92.9 cm³/mol. The molecule has 0 aliphatic heterocycles. The molecule has 0 aliphatic carbocycles. The van der Waals surface area contributed by atoms with Crippen molar-refractivity contribution in [3.63, 3.8) is 0 Å².